The lowest BCUT2D eigenvalue weighted by Crippen LogP contribution is -2.25. The van der Waals surface area contributed by atoms with Crippen LogP contribution in [0.15, 0.2) is 18.2 Å². The minimum absolute atomic E-state index is 0.0868. The molecule has 0 radical (unpaired) electrons. The number of hydrogen-bond donors (Lipinski definition) is 1. The van der Waals surface area contributed by atoms with E-state index in [0.717, 1.165) is 6.07 Å². The van der Waals surface area contributed by atoms with Gasteiger partial charge in [-0.2, -0.15) is 18.3 Å². The van der Waals surface area contributed by atoms with Gasteiger partial charge in [-0.1, -0.05) is 6.07 Å². The zero-order valence-electron chi connectivity index (χ0n) is 12.3. The molecular formula is C14H15F3N4O. The summed E-state index contributed by atoms with van der Waals surface area (Å²) < 4.78 is 39.3. The molecule has 0 unspecified atom stereocenters. The molecule has 0 aliphatic heterocycles. The second-order valence-electron chi connectivity index (χ2n) is 4.86. The predicted molar refractivity (Wildman–Crippen MR) is 73.1 cm³/mol. The first-order valence-corrected chi connectivity index (χ1v) is 6.51. The molecule has 22 heavy (non-hydrogen) atoms. The number of nitrogens with one attached hydrogen (secondary N) is 1. The van der Waals surface area contributed by atoms with Crippen molar-refractivity contribution in [2.45, 2.75) is 26.6 Å². The number of alkyl halides is 3. The lowest BCUT2D eigenvalue weighted by molar-refractivity contribution is -0.141. The van der Waals surface area contributed by atoms with Gasteiger partial charge in [-0.15, -0.1) is 0 Å². The molecule has 0 spiro atoms. The number of aryl methyl sites for hydroxylation is 2. The SMILES string of the molecule is Cc1nn(C)c(C)c1C(=O)NCc1cccc(C(F)(F)F)n1. The molecule has 0 bridgehead atoms. The average molecular weight is 312 g/mol. The van der Waals surface area contributed by atoms with E-state index in [2.05, 4.69) is 15.4 Å². The summed E-state index contributed by atoms with van der Waals surface area (Å²) in [5.41, 5.74) is 0.839. The molecule has 2 heterocycles. The summed E-state index contributed by atoms with van der Waals surface area (Å²) in [5.74, 6) is -0.387. The molecule has 0 aliphatic rings. The number of carbonyl (C=O) groups excluding carboxylic acids is 1. The Hall–Kier alpha value is -2.38. The Morgan fingerprint density at radius 1 is 1.32 bits per heavy atom. The van der Waals surface area contributed by atoms with E-state index in [1.54, 1.807) is 25.6 Å². The van der Waals surface area contributed by atoms with Crippen LogP contribution in [-0.2, 0) is 19.8 Å². The third-order valence-electron chi connectivity index (χ3n) is 3.26. The topological polar surface area (TPSA) is 59.8 Å². The van der Waals surface area contributed by atoms with Crippen LogP contribution in [0.4, 0.5) is 13.2 Å². The maximum absolute atomic E-state index is 12.6. The van der Waals surface area contributed by atoms with Gasteiger partial charge in [-0.05, 0) is 26.0 Å². The summed E-state index contributed by atoms with van der Waals surface area (Å²) in [7, 11) is 1.72. The minimum atomic E-state index is -4.50. The molecule has 0 fully saturated rings. The number of carbonyl (C=O) groups is 1. The fourth-order valence-corrected chi connectivity index (χ4v) is 2.10. The lowest BCUT2D eigenvalue weighted by atomic mass is 10.2. The fraction of sp³-hybridized carbons (Fsp3) is 0.357. The summed E-state index contributed by atoms with van der Waals surface area (Å²) in [6.45, 7) is 3.36. The highest BCUT2D eigenvalue weighted by atomic mass is 19.4. The second-order valence-corrected chi connectivity index (χ2v) is 4.86. The van der Waals surface area contributed by atoms with Crippen molar-refractivity contribution in [3.63, 3.8) is 0 Å². The van der Waals surface area contributed by atoms with E-state index in [1.165, 1.54) is 12.1 Å². The molecule has 0 aliphatic carbocycles. The quantitative estimate of drug-likeness (QED) is 0.946. The van der Waals surface area contributed by atoms with Gasteiger partial charge >= 0.3 is 6.18 Å². The first-order chi connectivity index (χ1) is 10.2. The smallest absolute Gasteiger partial charge is 0.346 e. The van der Waals surface area contributed by atoms with Crippen LogP contribution in [0.5, 0.6) is 0 Å². The van der Waals surface area contributed by atoms with Crippen molar-refractivity contribution in [3.05, 3.63) is 46.5 Å². The monoisotopic (exact) mass is 312 g/mol. The molecule has 118 valence electrons. The molecule has 1 amide bonds. The van der Waals surface area contributed by atoms with Gasteiger partial charge in [0.1, 0.15) is 5.69 Å². The Balaban J connectivity index is 2.12. The van der Waals surface area contributed by atoms with Gasteiger partial charge in [-0.3, -0.25) is 9.48 Å². The van der Waals surface area contributed by atoms with Gasteiger partial charge in [0.25, 0.3) is 5.91 Å². The average Bonchev–Trinajstić information content (AvgIpc) is 2.69. The zero-order chi connectivity index (χ0) is 16.5. The first-order valence-electron chi connectivity index (χ1n) is 6.51. The largest absolute Gasteiger partial charge is 0.433 e. The molecule has 2 rings (SSSR count). The summed E-state index contributed by atoms with van der Waals surface area (Å²) in [5, 5.41) is 6.69. The van der Waals surface area contributed by atoms with Crippen LogP contribution < -0.4 is 5.32 Å². The van der Waals surface area contributed by atoms with Crippen molar-refractivity contribution in [2.24, 2.45) is 7.05 Å². The van der Waals surface area contributed by atoms with Crippen molar-refractivity contribution in [1.82, 2.24) is 20.1 Å². The van der Waals surface area contributed by atoms with Gasteiger partial charge in [-0.25, -0.2) is 4.98 Å². The zero-order valence-corrected chi connectivity index (χ0v) is 12.3. The van der Waals surface area contributed by atoms with Crippen LogP contribution in [0.25, 0.3) is 0 Å². The maximum atomic E-state index is 12.6. The second kappa shape index (κ2) is 5.78. The maximum Gasteiger partial charge on any atom is 0.433 e. The Kier molecular flexibility index (Phi) is 4.20. The molecule has 0 saturated carbocycles. The van der Waals surface area contributed by atoms with Crippen LogP contribution in [-0.4, -0.2) is 20.7 Å². The Labute approximate surface area is 125 Å². The van der Waals surface area contributed by atoms with Crippen molar-refractivity contribution in [2.75, 3.05) is 0 Å². The van der Waals surface area contributed by atoms with E-state index in [4.69, 9.17) is 0 Å². The standard InChI is InChI=1S/C14H15F3N4O/c1-8-12(9(2)21(3)20-8)13(22)18-7-10-5-4-6-11(19-10)14(15,16)17/h4-6H,7H2,1-3H3,(H,18,22). The number of aromatic nitrogens is 3. The number of rotatable bonds is 3. The number of hydrogen-bond acceptors (Lipinski definition) is 3. The molecule has 0 aromatic carbocycles. The molecular weight excluding hydrogens is 297 g/mol. The Bertz CT molecular complexity index is 707. The van der Waals surface area contributed by atoms with Gasteiger partial charge in [0.2, 0.25) is 0 Å². The molecule has 1 N–H and O–H groups in total. The minimum Gasteiger partial charge on any atom is -0.346 e. The molecule has 5 nitrogen and oxygen atoms in total. The van der Waals surface area contributed by atoms with Crippen molar-refractivity contribution in [3.8, 4) is 0 Å². The van der Waals surface area contributed by atoms with Crippen LogP contribution in [0.2, 0.25) is 0 Å². The van der Waals surface area contributed by atoms with Crippen molar-refractivity contribution >= 4 is 5.91 Å². The normalized spacial score (nSPS) is 11.5. The Morgan fingerprint density at radius 2 is 2.00 bits per heavy atom. The van der Waals surface area contributed by atoms with Gasteiger partial charge < -0.3 is 5.32 Å². The summed E-state index contributed by atoms with van der Waals surface area (Å²) in [6, 6.07) is 3.58. The lowest BCUT2D eigenvalue weighted by Gasteiger charge is -2.09. The van der Waals surface area contributed by atoms with E-state index in [1.807, 2.05) is 0 Å². The highest BCUT2D eigenvalue weighted by molar-refractivity contribution is 5.96. The van der Waals surface area contributed by atoms with E-state index in [0.29, 0.717) is 17.0 Å². The van der Waals surface area contributed by atoms with E-state index < -0.39 is 11.9 Å². The summed E-state index contributed by atoms with van der Waals surface area (Å²) in [4.78, 5) is 15.6. The van der Waals surface area contributed by atoms with Gasteiger partial charge in [0.05, 0.1) is 23.5 Å². The summed E-state index contributed by atoms with van der Waals surface area (Å²) in [6.07, 6.45) is -4.50. The number of nitrogens with zero attached hydrogens (tertiary/aromatic N) is 3. The molecule has 0 atom stereocenters. The van der Waals surface area contributed by atoms with E-state index in [-0.39, 0.29) is 18.1 Å². The van der Waals surface area contributed by atoms with Crippen LogP contribution in [0, 0.1) is 13.8 Å². The first kappa shape index (κ1) is 16.0. The van der Waals surface area contributed by atoms with Crippen LogP contribution in [0.1, 0.15) is 33.1 Å². The fourth-order valence-electron chi connectivity index (χ4n) is 2.10. The van der Waals surface area contributed by atoms with Crippen molar-refractivity contribution < 1.29 is 18.0 Å². The molecule has 0 saturated heterocycles. The van der Waals surface area contributed by atoms with Gasteiger partial charge in [0.15, 0.2) is 0 Å². The number of pyridine rings is 1. The highest BCUT2D eigenvalue weighted by Crippen LogP contribution is 2.27. The Morgan fingerprint density at radius 3 is 2.55 bits per heavy atom. The van der Waals surface area contributed by atoms with E-state index in [9.17, 15) is 18.0 Å². The van der Waals surface area contributed by atoms with Crippen LogP contribution >= 0.6 is 0 Å². The van der Waals surface area contributed by atoms with Gasteiger partial charge in [0, 0.05) is 12.7 Å². The third-order valence-corrected chi connectivity index (χ3v) is 3.26. The van der Waals surface area contributed by atoms with E-state index >= 15 is 0 Å². The molecule has 2 aromatic heterocycles. The highest BCUT2D eigenvalue weighted by Gasteiger charge is 2.32. The van der Waals surface area contributed by atoms with Crippen molar-refractivity contribution in [1.29, 1.82) is 0 Å². The number of amides is 1. The molecule has 2 aromatic rings. The number of halogens is 3. The predicted octanol–water partition coefficient (Wildman–Crippen LogP) is 2.38. The third kappa shape index (κ3) is 3.26. The summed E-state index contributed by atoms with van der Waals surface area (Å²) >= 11 is 0. The molecule has 8 heteroatoms. The van der Waals surface area contributed by atoms with Crippen LogP contribution in [0.3, 0.4) is 0 Å².